The summed E-state index contributed by atoms with van der Waals surface area (Å²) in [7, 11) is 0. The first-order valence-corrected chi connectivity index (χ1v) is 19.5. The summed E-state index contributed by atoms with van der Waals surface area (Å²) in [6.45, 7) is 6.49. The van der Waals surface area contributed by atoms with E-state index >= 15 is 0 Å². The van der Waals surface area contributed by atoms with E-state index in [0.29, 0.717) is 11.5 Å². The number of hydrogen-bond donors (Lipinski definition) is 0. The van der Waals surface area contributed by atoms with Crippen molar-refractivity contribution < 1.29 is 0 Å². The minimum absolute atomic E-state index is 0.0154. The molecule has 0 bridgehead atoms. The van der Waals surface area contributed by atoms with E-state index in [9.17, 15) is 0 Å². The Morgan fingerprint density at radius 3 is 1.44 bits per heavy atom. The Morgan fingerprint density at radius 2 is 0.855 bits per heavy atom. The fraction of sp³-hybridized carbons (Fsp3) is 0.132. The van der Waals surface area contributed by atoms with Crippen molar-refractivity contribution in [2.75, 3.05) is 0 Å². The molecule has 1 saturated carbocycles. The lowest BCUT2D eigenvalue weighted by atomic mass is 9.65. The molecule has 268 valence electrons. The summed E-state index contributed by atoms with van der Waals surface area (Å²) < 4.78 is 0. The monoisotopic (exact) mass is 710 g/mol. The maximum absolute atomic E-state index is 5.08. The molecule has 7 aromatic carbocycles. The van der Waals surface area contributed by atoms with Crippen molar-refractivity contribution in [2.45, 2.75) is 44.4 Å². The van der Waals surface area contributed by atoms with Gasteiger partial charge in [-0.2, -0.15) is 0 Å². The van der Waals surface area contributed by atoms with Crippen LogP contribution in [-0.4, -0.2) is 11.5 Å². The number of benzene rings is 7. The predicted molar refractivity (Wildman–Crippen MR) is 234 cm³/mol. The van der Waals surface area contributed by atoms with Gasteiger partial charge in [-0.3, -0.25) is 0 Å². The molecule has 0 aliphatic heterocycles. The summed E-state index contributed by atoms with van der Waals surface area (Å²) in [4.78, 5) is 10.1. The van der Waals surface area contributed by atoms with Crippen molar-refractivity contribution in [2.24, 2.45) is 9.98 Å². The first-order chi connectivity index (χ1) is 27.1. The smallest absolute Gasteiger partial charge is 0.160 e. The maximum Gasteiger partial charge on any atom is 0.160 e. The number of amidine groups is 1. The average molecular weight is 711 g/mol. The van der Waals surface area contributed by atoms with E-state index in [0.717, 1.165) is 35.2 Å². The van der Waals surface area contributed by atoms with Gasteiger partial charge in [0.2, 0.25) is 0 Å². The highest BCUT2D eigenvalue weighted by Crippen LogP contribution is 2.45. The van der Waals surface area contributed by atoms with E-state index in [1.807, 2.05) is 31.2 Å². The highest BCUT2D eigenvalue weighted by atomic mass is 14.9. The van der Waals surface area contributed by atoms with Crippen LogP contribution in [0.1, 0.15) is 66.8 Å². The third-order valence-electron chi connectivity index (χ3n) is 11.2. The van der Waals surface area contributed by atoms with Gasteiger partial charge in [-0.25, -0.2) is 9.98 Å². The van der Waals surface area contributed by atoms with E-state index < -0.39 is 0 Å². The van der Waals surface area contributed by atoms with E-state index in [1.54, 1.807) is 0 Å². The number of aliphatic imine (C=N–C) groups is 2. The molecule has 7 aromatic rings. The van der Waals surface area contributed by atoms with Crippen LogP contribution < -0.4 is 0 Å². The predicted octanol–water partition coefficient (Wildman–Crippen LogP) is 13.9. The molecular weight excluding hydrogens is 665 g/mol. The van der Waals surface area contributed by atoms with E-state index in [1.165, 1.54) is 63.8 Å². The normalized spacial score (nSPS) is 14.3. The summed E-state index contributed by atoms with van der Waals surface area (Å²) in [6, 6.07) is 67.1. The lowest BCUT2D eigenvalue weighted by molar-refractivity contribution is 0.346. The molecule has 1 aliphatic rings. The molecule has 8 rings (SSSR count). The number of nitrogens with zero attached hydrogens (tertiary/aromatic N) is 2. The molecule has 2 heteroatoms. The first-order valence-electron chi connectivity index (χ1n) is 19.5. The highest BCUT2D eigenvalue weighted by molar-refractivity contribution is 6.12. The van der Waals surface area contributed by atoms with E-state index in [2.05, 4.69) is 170 Å². The molecule has 0 unspecified atom stereocenters. The SMILES string of the molecule is C=C(N=C(N=C(C)c1ccc(-c2ccccc2)cc1)c1ccccc1)c1ccc(C2(c3ccc(-c4cccc(-c5ccccc5)c4)cc3)CCCCC2)cc1. The van der Waals surface area contributed by atoms with Crippen molar-refractivity contribution in [1.29, 1.82) is 0 Å². The topological polar surface area (TPSA) is 24.7 Å². The van der Waals surface area contributed by atoms with Gasteiger partial charge in [0.25, 0.3) is 0 Å². The van der Waals surface area contributed by atoms with Crippen LogP contribution in [0.4, 0.5) is 0 Å². The molecule has 0 spiro atoms. The van der Waals surface area contributed by atoms with Crippen molar-refractivity contribution in [1.82, 2.24) is 0 Å². The van der Waals surface area contributed by atoms with Crippen LogP contribution in [0.15, 0.2) is 205 Å². The zero-order chi connectivity index (χ0) is 37.5. The summed E-state index contributed by atoms with van der Waals surface area (Å²) in [6.07, 6.45) is 6.04. The lowest BCUT2D eigenvalue weighted by Gasteiger charge is -2.39. The van der Waals surface area contributed by atoms with Crippen LogP contribution in [0, 0.1) is 0 Å². The van der Waals surface area contributed by atoms with Gasteiger partial charge in [-0.05, 0) is 81.5 Å². The Bertz CT molecular complexity index is 2420. The number of hydrogen-bond acceptors (Lipinski definition) is 1. The molecule has 0 radical (unpaired) electrons. The van der Waals surface area contributed by atoms with Gasteiger partial charge in [0.05, 0.1) is 5.70 Å². The Kier molecular flexibility index (Phi) is 10.6. The second-order valence-electron chi connectivity index (χ2n) is 14.6. The molecule has 55 heavy (non-hydrogen) atoms. The number of rotatable bonds is 9. The van der Waals surface area contributed by atoms with Crippen molar-refractivity contribution in [3.63, 3.8) is 0 Å². The Labute approximate surface area is 326 Å². The van der Waals surface area contributed by atoms with Crippen LogP contribution in [0.25, 0.3) is 39.1 Å². The summed E-state index contributed by atoms with van der Waals surface area (Å²) >= 11 is 0. The second kappa shape index (κ2) is 16.3. The molecule has 0 amide bonds. The quantitative estimate of drug-likeness (QED) is 0.105. The molecule has 2 nitrogen and oxygen atoms in total. The molecular formula is C53H46N2. The largest absolute Gasteiger partial charge is 0.233 e. The van der Waals surface area contributed by atoms with E-state index in [4.69, 9.17) is 9.98 Å². The Hall–Kier alpha value is -6.38. The molecule has 0 atom stereocenters. The molecule has 1 fully saturated rings. The fourth-order valence-corrected chi connectivity index (χ4v) is 8.06. The summed E-state index contributed by atoms with van der Waals surface area (Å²) in [5.74, 6) is 0.650. The Morgan fingerprint density at radius 1 is 0.418 bits per heavy atom. The van der Waals surface area contributed by atoms with Gasteiger partial charge in [0.1, 0.15) is 0 Å². The Balaban J connectivity index is 1.05. The van der Waals surface area contributed by atoms with E-state index in [-0.39, 0.29) is 5.41 Å². The lowest BCUT2D eigenvalue weighted by Crippen LogP contribution is -2.30. The molecule has 1 aliphatic carbocycles. The maximum atomic E-state index is 5.08. The minimum atomic E-state index is -0.0154. The van der Waals surface area contributed by atoms with Crippen LogP contribution >= 0.6 is 0 Å². The van der Waals surface area contributed by atoms with Crippen LogP contribution in [0.2, 0.25) is 0 Å². The van der Waals surface area contributed by atoms with Crippen molar-refractivity contribution in [3.8, 4) is 33.4 Å². The third-order valence-corrected chi connectivity index (χ3v) is 11.2. The molecule has 0 heterocycles. The molecule has 0 aromatic heterocycles. The van der Waals surface area contributed by atoms with Gasteiger partial charge in [0, 0.05) is 16.7 Å². The van der Waals surface area contributed by atoms with Crippen molar-refractivity contribution >= 4 is 17.2 Å². The molecule has 0 saturated heterocycles. The fourth-order valence-electron chi connectivity index (χ4n) is 8.06. The third kappa shape index (κ3) is 7.95. The average Bonchev–Trinajstić information content (AvgIpc) is 3.27. The van der Waals surface area contributed by atoms with Gasteiger partial charge >= 0.3 is 0 Å². The zero-order valence-electron chi connectivity index (χ0n) is 31.5. The highest BCUT2D eigenvalue weighted by Gasteiger charge is 2.35. The summed E-state index contributed by atoms with van der Waals surface area (Å²) in [5.41, 5.74) is 14.7. The van der Waals surface area contributed by atoms with Gasteiger partial charge in [0.15, 0.2) is 5.84 Å². The molecule has 0 N–H and O–H groups in total. The van der Waals surface area contributed by atoms with Crippen LogP contribution in [0.5, 0.6) is 0 Å². The van der Waals surface area contributed by atoms with Crippen molar-refractivity contribution in [3.05, 3.63) is 222 Å². The zero-order valence-corrected chi connectivity index (χ0v) is 31.5. The minimum Gasteiger partial charge on any atom is -0.233 e. The van der Waals surface area contributed by atoms with Gasteiger partial charge < -0.3 is 0 Å². The van der Waals surface area contributed by atoms with Crippen LogP contribution in [0.3, 0.4) is 0 Å². The van der Waals surface area contributed by atoms with Crippen LogP contribution in [-0.2, 0) is 5.41 Å². The second-order valence-corrected chi connectivity index (χ2v) is 14.6. The first kappa shape index (κ1) is 35.6. The summed E-state index contributed by atoms with van der Waals surface area (Å²) in [5, 5.41) is 0. The van der Waals surface area contributed by atoms with Gasteiger partial charge in [-0.15, -0.1) is 0 Å². The van der Waals surface area contributed by atoms with Gasteiger partial charge in [-0.1, -0.05) is 208 Å². The standard InChI is InChI=1S/C53H46N2/c1-39(41-24-26-45(27-25-41)43-16-7-3-8-17-43)54-52(47-20-11-5-12-21-47)55-40(2)42-28-32-50(33-29-42)53(36-13-6-14-37-53)51-34-30-46(31-35-51)49-23-15-22-48(38-49)44-18-9-4-10-19-44/h3-5,7-12,15-35,38H,2,6,13-14,36-37H2,1H3.